The second kappa shape index (κ2) is 9.54. The van der Waals surface area contributed by atoms with E-state index in [0.29, 0.717) is 12.8 Å². The molecule has 6 heteroatoms. The van der Waals surface area contributed by atoms with Crippen LogP contribution < -0.4 is 0 Å². The number of aliphatic hydroxyl groups is 1. The lowest BCUT2D eigenvalue weighted by molar-refractivity contribution is -0.148. The summed E-state index contributed by atoms with van der Waals surface area (Å²) < 4.78 is 22.6. The van der Waals surface area contributed by atoms with Crippen molar-refractivity contribution in [3.8, 4) is 0 Å². The minimum atomic E-state index is -2.74. The van der Waals surface area contributed by atoms with E-state index >= 15 is 0 Å². The van der Waals surface area contributed by atoms with Crippen molar-refractivity contribution in [2.24, 2.45) is 5.92 Å². The van der Waals surface area contributed by atoms with Gasteiger partial charge < -0.3 is 14.4 Å². The average molecular weight is 280 g/mol. The molecule has 0 spiro atoms. The van der Waals surface area contributed by atoms with Crippen molar-refractivity contribution in [2.75, 3.05) is 32.1 Å². The second-order valence-electron chi connectivity index (χ2n) is 4.29. The Labute approximate surface area is 109 Å². The molecular weight excluding hydrogens is 255 g/mol. The first-order chi connectivity index (χ1) is 8.49. The SMILES string of the molecule is CCCCOP(=O)(CC)CC(C)C(=O)OCCO. The molecule has 0 aliphatic heterocycles. The molecule has 0 rings (SSSR count). The number of carbonyl (C=O) groups is 1. The summed E-state index contributed by atoms with van der Waals surface area (Å²) in [6, 6.07) is 0. The maximum absolute atomic E-state index is 12.4. The molecule has 0 amide bonds. The fraction of sp³-hybridized carbons (Fsp3) is 0.917. The van der Waals surface area contributed by atoms with Crippen LogP contribution in [0.15, 0.2) is 0 Å². The highest BCUT2D eigenvalue weighted by atomic mass is 31.2. The van der Waals surface area contributed by atoms with E-state index in [9.17, 15) is 9.36 Å². The monoisotopic (exact) mass is 280 g/mol. The van der Waals surface area contributed by atoms with Crippen molar-refractivity contribution < 1.29 is 23.7 Å². The summed E-state index contributed by atoms with van der Waals surface area (Å²) in [5.41, 5.74) is 0. The van der Waals surface area contributed by atoms with Crippen LogP contribution in [-0.4, -0.2) is 43.2 Å². The Morgan fingerprint density at radius 2 is 2.00 bits per heavy atom. The van der Waals surface area contributed by atoms with E-state index in [1.54, 1.807) is 13.8 Å². The summed E-state index contributed by atoms with van der Waals surface area (Å²) >= 11 is 0. The van der Waals surface area contributed by atoms with Crippen molar-refractivity contribution in [1.29, 1.82) is 0 Å². The zero-order valence-electron chi connectivity index (χ0n) is 11.6. The number of hydrogen-bond acceptors (Lipinski definition) is 5. The number of unbranched alkanes of at least 4 members (excludes halogenated alkanes) is 1. The van der Waals surface area contributed by atoms with Crippen molar-refractivity contribution in [1.82, 2.24) is 0 Å². The minimum Gasteiger partial charge on any atom is -0.463 e. The molecule has 5 nitrogen and oxygen atoms in total. The molecule has 0 saturated heterocycles. The van der Waals surface area contributed by atoms with Gasteiger partial charge in [-0.15, -0.1) is 0 Å². The number of hydrogen-bond donors (Lipinski definition) is 1. The summed E-state index contributed by atoms with van der Waals surface area (Å²) in [7, 11) is -2.74. The lowest BCUT2D eigenvalue weighted by Gasteiger charge is -2.20. The topological polar surface area (TPSA) is 72.8 Å². The summed E-state index contributed by atoms with van der Waals surface area (Å²) in [6.07, 6.45) is 2.48. The molecule has 2 unspecified atom stereocenters. The average Bonchev–Trinajstić information content (AvgIpc) is 2.36. The van der Waals surface area contributed by atoms with Crippen molar-refractivity contribution in [2.45, 2.75) is 33.6 Å². The highest BCUT2D eigenvalue weighted by Gasteiger charge is 2.28. The molecule has 18 heavy (non-hydrogen) atoms. The van der Waals surface area contributed by atoms with Crippen LogP contribution in [-0.2, 0) is 18.6 Å². The molecule has 0 aliphatic rings. The third-order valence-electron chi connectivity index (χ3n) is 2.60. The second-order valence-corrected chi connectivity index (χ2v) is 7.18. The molecule has 0 saturated carbocycles. The molecule has 0 aromatic carbocycles. The van der Waals surface area contributed by atoms with Gasteiger partial charge in [0, 0.05) is 12.3 Å². The van der Waals surface area contributed by atoms with E-state index in [-0.39, 0.29) is 19.4 Å². The van der Waals surface area contributed by atoms with E-state index < -0.39 is 19.3 Å². The molecule has 0 fully saturated rings. The van der Waals surface area contributed by atoms with Gasteiger partial charge in [0.25, 0.3) is 0 Å². The summed E-state index contributed by atoms with van der Waals surface area (Å²) in [6.45, 7) is 5.77. The fourth-order valence-corrected chi connectivity index (χ4v) is 3.42. The van der Waals surface area contributed by atoms with E-state index in [0.717, 1.165) is 12.8 Å². The Kier molecular flexibility index (Phi) is 9.34. The maximum Gasteiger partial charge on any atom is 0.309 e. The van der Waals surface area contributed by atoms with Gasteiger partial charge in [-0.25, -0.2) is 0 Å². The lowest BCUT2D eigenvalue weighted by atomic mass is 10.2. The van der Waals surface area contributed by atoms with Gasteiger partial charge in [-0.05, 0) is 6.42 Å². The molecule has 0 radical (unpaired) electrons. The minimum absolute atomic E-state index is 0.0176. The molecule has 0 bridgehead atoms. The van der Waals surface area contributed by atoms with Crippen molar-refractivity contribution in [3.05, 3.63) is 0 Å². The van der Waals surface area contributed by atoms with Crippen LogP contribution in [0, 0.1) is 5.92 Å². The largest absolute Gasteiger partial charge is 0.463 e. The number of esters is 1. The van der Waals surface area contributed by atoms with Gasteiger partial charge in [0.2, 0.25) is 7.37 Å². The van der Waals surface area contributed by atoms with Crippen molar-refractivity contribution >= 4 is 13.3 Å². The number of rotatable bonds is 10. The van der Waals surface area contributed by atoms with Crippen LogP contribution >= 0.6 is 7.37 Å². The zero-order valence-corrected chi connectivity index (χ0v) is 12.4. The highest BCUT2D eigenvalue weighted by molar-refractivity contribution is 7.59. The fourth-order valence-electron chi connectivity index (χ4n) is 1.43. The molecular formula is C12H25O5P. The van der Waals surface area contributed by atoms with Gasteiger partial charge in [-0.3, -0.25) is 9.36 Å². The van der Waals surface area contributed by atoms with Crippen LogP contribution in [0.1, 0.15) is 33.6 Å². The highest BCUT2D eigenvalue weighted by Crippen LogP contribution is 2.48. The smallest absolute Gasteiger partial charge is 0.309 e. The van der Waals surface area contributed by atoms with Gasteiger partial charge in [0.05, 0.1) is 19.1 Å². The van der Waals surface area contributed by atoms with E-state index in [1.807, 2.05) is 6.92 Å². The zero-order chi connectivity index (χ0) is 14.0. The molecule has 108 valence electrons. The van der Waals surface area contributed by atoms with E-state index in [2.05, 4.69) is 0 Å². The van der Waals surface area contributed by atoms with Gasteiger partial charge in [0.1, 0.15) is 6.61 Å². The standard InChI is InChI=1S/C12H25O5P/c1-4-6-8-17-18(15,5-2)10-11(3)12(14)16-9-7-13/h11,13H,4-10H2,1-3H3. The predicted molar refractivity (Wildman–Crippen MR) is 71.1 cm³/mol. The number of ether oxygens (including phenoxy) is 1. The third-order valence-corrected chi connectivity index (χ3v) is 5.32. The summed E-state index contributed by atoms with van der Waals surface area (Å²) in [4.78, 5) is 11.5. The number of carbonyl (C=O) groups excluding carboxylic acids is 1. The first kappa shape index (κ1) is 17.6. The maximum atomic E-state index is 12.4. The first-order valence-electron chi connectivity index (χ1n) is 6.49. The molecule has 1 N–H and O–H groups in total. The third kappa shape index (κ3) is 7.14. The Morgan fingerprint density at radius 3 is 2.50 bits per heavy atom. The van der Waals surface area contributed by atoms with E-state index in [4.69, 9.17) is 14.4 Å². The molecule has 0 aromatic rings. The molecule has 0 heterocycles. The Hall–Kier alpha value is -0.380. The molecule has 0 aromatic heterocycles. The van der Waals surface area contributed by atoms with Crippen LogP contribution in [0.2, 0.25) is 0 Å². The molecule has 0 aliphatic carbocycles. The predicted octanol–water partition coefficient (Wildman–Crippen LogP) is 2.27. The lowest BCUT2D eigenvalue weighted by Crippen LogP contribution is -2.21. The van der Waals surface area contributed by atoms with Crippen LogP contribution in [0.3, 0.4) is 0 Å². The van der Waals surface area contributed by atoms with Crippen LogP contribution in [0.5, 0.6) is 0 Å². The first-order valence-corrected chi connectivity index (χ1v) is 8.48. The van der Waals surface area contributed by atoms with Crippen LogP contribution in [0.25, 0.3) is 0 Å². The van der Waals surface area contributed by atoms with Crippen molar-refractivity contribution in [3.63, 3.8) is 0 Å². The van der Waals surface area contributed by atoms with Gasteiger partial charge in [-0.2, -0.15) is 0 Å². The summed E-state index contributed by atoms with van der Waals surface area (Å²) in [5, 5.41) is 8.56. The summed E-state index contributed by atoms with van der Waals surface area (Å²) in [5.74, 6) is -0.902. The molecule has 2 atom stereocenters. The van der Waals surface area contributed by atoms with Gasteiger partial charge in [-0.1, -0.05) is 27.2 Å². The van der Waals surface area contributed by atoms with Gasteiger partial charge >= 0.3 is 5.97 Å². The number of aliphatic hydroxyl groups excluding tert-OH is 1. The Bertz CT molecular complexity index is 280. The quantitative estimate of drug-likeness (QED) is 0.377. The van der Waals surface area contributed by atoms with Crippen LogP contribution in [0.4, 0.5) is 0 Å². The van der Waals surface area contributed by atoms with Gasteiger partial charge in [0.15, 0.2) is 0 Å². The Balaban J connectivity index is 4.24. The Morgan fingerprint density at radius 1 is 1.33 bits per heavy atom. The van der Waals surface area contributed by atoms with E-state index in [1.165, 1.54) is 0 Å². The normalized spacial score (nSPS) is 16.0.